The van der Waals surface area contributed by atoms with Crippen molar-refractivity contribution in [3.63, 3.8) is 0 Å². The van der Waals surface area contributed by atoms with Crippen LogP contribution in [0.5, 0.6) is 5.75 Å². The lowest BCUT2D eigenvalue weighted by Crippen LogP contribution is -2.59. The van der Waals surface area contributed by atoms with Crippen molar-refractivity contribution in [2.45, 2.75) is 30.2 Å². The molecule has 1 aliphatic rings. The fraction of sp³-hybridized carbons (Fsp3) is 0.533. The largest absolute Gasteiger partial charge is 0.497 e. The van der Waals surface area contributed by atoms with E-state index < -0.39 is 5.54 Å². The molecule has 1 unspecified atom stereocenters. The van der Waals surface area contributed by atoms with Gasteiger partial charge in [0.1, 0.15) is 11.3 Å². The van der Waals surface area contributed by atoms with Crippen LogP contribution in [-0.4, -0.2) is 30.9 Å². The summed E-state index contributed by atoms with van der Waals surface area (Å²) in [4.78, 5) is 13.1. The highest BCUT2D eigenvalue weighted by atomic mass is 32.2. The minimum Gasteiger partial charge on any atom is -0.497 e. The summed E-state index contributed by atoms with van der Waals surface area (Å²) in [6.45, 7) is 2.76. The van der Waals surface area contributed by atoms with Crippen LogP contribution in [0, 0.1) is 5.92 Å². The lowest BCUT2D eigenvalue weighted by atomic mass is 9.94. The number of carbonyl (C=O) groups is 1. The van der Waals surface area contributed by atoms with Gasteiger partial charge in [-0.15, -0.1) is 11.8 Å². The molecule has 0 spiro atoms. The number of nitrogens with two attached hydrogens (primary N) is 1. The van der Waals surface area contributed by atoms with E-state index in [1.54, 1.807) is 18.9 Å². The number of primary amides is 1. The number of ether oxygens (including phenoxy) is 1. The Hall–Kier alpha value is -1.20. The van der Waals surface area contributed by atoms with Crippen LogP contribution in [0.1, 0.15) is 19.8 Å². The Labute approximate surface area is 124 Å². The molecular formula is C15H22N2O2S. The fourth-order valence-electron chi connectivity index (χ4n) is 2.43. The first kappa shape index (κ1) is 15.2. The summed E-state index contributed by atoms with van der Waals surface area (Å²) in [6.07, 6.45) is 2.16. The molecule has 1 aliphatic carbocycles. The zero-order valence-corrected chi connectivity index (χ0v) is 12.8. The van der Waals surface area contributed by atoms with Crippen LogP contribution in [0.25, 0.3) is 0 Å². The molecule has 1 fully saturated rings. The number of likely N-dealkylation sites (N-methyl/N-ethyl adjacent to an activating group) is 1. The first-order chi connectivity index (χ1) is 9.62. The van der Waals surface area contributed by atoms with Gasteiger partial charge < -0.3 is 15.8 Å². The van der Waals surface area contributed by atoms with Crippen molar-refractivity contribution in [1.29, 1.82) is 0 Å². The van der Waals surface area contributed by atoms with Gasteiger partial charge in [-0.1, -0.05) is 6.92 Å². The second kappa shape index (κ2) is 6.50. The number of methoxy groups -OCH3 is 1. The molecule has 0 heterocycles. The SMILES string of the molecule is CCNC(CSc1ccc(OC)cc1)(C(N)=O)C1CC1. The first-order valence-corrected chi connectivity index (χ1v) is 7.92. The van der Waals surface area contributed by atoms with Crippen LogP contribution in [0.3, 0.4) is 0 Å². The molecule has 5 heteroatoms. The van der Waals surface area contributed by atoms with Gasteiger partial charge in [-0.2, -0.15) is 0 Å². The van der Waals surface area contributed by atoms with Crippen LogP contribution >= 0.6 is 11.8 Å². The maximum Gasteiger partial charge on any atom is 0.238 e. The maximum absolute atomic E-state index is 11.9. The molecule has 1 atom stereocenters. The molecule has 20 heavy (non-hydrogen) atoms. The monoisotopic (exact) mass is 294 g/mol. The Balaban J connectivity index is 2.05. The van der Waals surface area contributed by atoms with Gasteiger partial charge in [0, 0.05) is 10.6 Å². The first-order valence-electron chi connectivity index (χ1n) is 6.94. The van der Waals surface area contributed by atoms with E-state index >= 15 is 0 Å². The van der Waals surface area contributed by atoms with Crippen molar-refractivity contribution in [1.82, 2.24) is 5.32 Å². The van der Waals surface area contributed by atoms with Crippen molar-refractivity contribution < 1.29 is 9.53 Å². The summed E-state index contributed by atoms with van der Waals surface area (Å²) >= 11 is 1.66. The Morgan fingerprint density at radius 2 is 2.10 bits per heavy atom. The summed E-state index contributed by atoms with van der Waals surface area (Å²) in [6, 6.07) is 7.87. The minimum atomic E-state index is -0.570. The summed E-state index contributed by atoms with van der Waals surface area (Å²) < 4.78 is 5.14. The van der Waals surface area contributed by atoms with Gasteiger partial charge in [-0.05, 0) is 49.6 Å². The van der Waals surface area contributed by atoms with E-state index in [2.05, 4.69) is 5.32 Å². The van der Waals surface area contributed by atoms with Crippen molar-refractivity contribution in [3.05, 3.63) is 24.3 Å². The minimum absolute atomic E-state index is 0.233. The second-order valence-electron chi connectivity index (χ2n) is 5.10. The Morgan fingerprint density at radius 1 is 1.45 bits per heavy atom. The van der Waals surface area contributed by atoms with E-state index in [0.717, 1.165) is 30.0 Å². The van der Waals surface area contributed by atoms with Gasteiger partial charge in [-0.25, -0.2) is 0 Å². The van der Waals surface area contributed by atoms with Gasteiger partial charge in [0.2, 0.25) is 5.91 Å². The van der Waals surface area contributed by atoms with E-state index in [1.807, 2.05) is 31.2 Å². The Bertz CT molecular complexity index is 459. The molecule has 1 aromatic carbocycles. The normalized spacial score (nSPS) is 17.5. The van der Waals surface area contributed by atoms with Crippen molar-refractivity contribution in [3.8, 4) is 5.75 Å². The summed E-state index contributed by atoms with van der Waals surface area (Å²) in [5.74, 6) is 1.66. The highest BCUT2D eigenvalue weighted by Gasteiger charge is 2.49. The molecule has 3 N–H and O–H groups in total. The lowest BCUT2D eigenvalue weighted by molar-refractivity contribution is -0.124. The Kier molecular flexibility index (Phi) is 4.94. The molecule has 0 bridgehead atoms. The zero-order chi connectivity index (χ0) is 14.6. The van der Waals surface area contributed by atoms with Gasteiger partial charge in [0.25, 0.3) is 0 Å². The predicted molar refractivity (Wildman–Crippen MR) is 82.0 cm³/mol. The third-order valence-corrected chi connectivity index (χ3v) is 4.94. The highest BCUT2D eigenvalue weighted by Crippen LogP contribution is 2.42. The van der Waals surface area contributed by atoms with Gasteiger partial charge in [0.05, 0.1) is 7.11 Å². The molecule has 0 aliphatic heterocycles. The number of hydrogen-bond acceptors (Lipinski definition) is 4. The number of hydrogen-bond donors (Lipinski definition) is 2. The number of thioether (sulfide) groups is 1. The van der Waals surface area contributed by atoms with Crippen LogP contribution < -0.4 is 15.8 Å². The number of benzene rings is 1. The lowest BCUT2D eigenvalue weighted by Gasteiger charge is -2.31. The third-order valence-electron chi connectivity index (χ3n) is 3.73. The van der Waals surface area contributed by atoms with E-state index in [4.69, 9.17) is 10.5 Å². The van der Waals surface area contributed by atoms with Crippen molar-refractivity contribution in [2.75, 3.05) is 19.4 Å². The Morgan fingerprint density at radius 3 is 2.55 bits per heavy atom. The summed E-state index contributed by atoms with van der Waals surface area (Å²) in [5, 5.41) is 3.33. The quantitative estimate of drug-likeness (QED) is 0.720. The third kappa shape index (κ3) is 3.27. The van der Waals surface area contributed by atoms with Crippen LogP contribution in [0.2, 0.25) is 0 Å². The fourth-order valence-corrected chi connectivity index (χ4v) is 3.64. The zero-order valence-electron chi connectivity index (χ0n) is 12.0. The molecule has 1 amide bonds. The molecular weight excluding hydrogens is 272 g/mol. The number of rotatable bonds is 8. The van der Waals surface area contributed by atoms with Crippen LogP contribution in [0.4, 0.5) is 0 Å². The van der Waals surface area contributed by atoms with Crippen molar-refractivity contribution >= 4 is 17.7 Å². The van der Waals surface area contributed by atoms with Crippen LogP contribution in [-0.2, 0) is 4.79 Å². The van der Waals surface area contributed by atoms with Gasteiger partial charge >= 0.3 is 0 Å². The molecule has 0 radical (unpaired) electrons. The standard InChI is InChI=1S/C15H22N2O2S/c1-3-17-15(14(16)18,11-4-5-11)10-20-13-8-6-12(19-2)7-9-13/h6-9,11,17H,3-5,10H2,1-2H3,(H2,16,18). The average molecular weight is 294 g/mol. The van der Waals surface area contributed by atoms with Gasteiger partial charge in [0.15, 0.2) is 0 Å². The molecule has 0 aromatic heterocycles. The van der Waals surface area contributed by atoms with E-state index in [1.165, 1.54) is 0 Å². The number of nitrogens with one attached hydrogen (secondary N) is 1. The highest BCUT2D eigenvalue weighted by molar-refractivity contribution is 7.99. The predicted octanol–water partition coefficient (Wildman–Crippen LogP) is 2.03. The summed E-state index contributed by atoms with van der Waals surface area (Å²) in [5.41, 5.74) is 5.10. The second-order valence-corrected chi connectivity index (χ2v) is 6.15. The smallest absolute Gasteiger partial charge is 0.238 e. The van der Waals surface area contributed by atoms with E-state index in [9.17, 15) is 4.79 Å². The molecule has 0 saturated heterocycles. The number of carbonyl (C=O) groups excluding carboxylic acids is 1. The van der Waals surface area contributed by atoms with Gasteiger partial charge in [-0.3, -0.25) is 4.79 Å². The van der Waals surface area contributed by atoms with E-state index in [0.29, 0.717) is 11.7 Å². The molecule has 1 aromatic rings. The van der Waals surface area contributed by atoms with Crippen LogP contribution in [0.15, 0.2) is 29.2 Å². The number of amides is 1. The van der Waals surface area contributed by atoms with Crippen molar-refractivity contribution in [2.24, 2.45) is 11.7 Å². The topological polar surface area (TPSA) is 64.3 Å². The molecule has 110 valence electrons. The molecule has 1 saturated carbocycles. The maximum atomic E-state index is 11.9. The average Bonchev–Trinajstić information content (AvgIpc) is 3.28. The molecule has 4 nitrogen and oxygen atoms in total. The molecule has 2 rings (SSSR count). The van der Waals surface area contributed by atoms with E-state index in [-0.39, 0.29) is 5.91 Å². The summed E-state index contributed by atoms with van der Waals surface area (Å²) in [7, 11) is 1.65.